The van der Waals surface area contributed by atoms with Gasteiger partial charge in [-0.25, -0.2) is 0 Å². The third-order valence-corrected chi connectivity index (χ3v) is 3.51. The van der Waals surface area contributed by atoms with Crippen molar-refractivity contribution in [3.8, 4) is 0 Å². The highest BCUT2D eigenvalue weighted by Crippen LogP contribution is 2.39. The van der Waals surface area contributed by atoms with Gasteiger partial charge in [-0.15, -0.1) is 0 Å². The molecular formula is C11H20O3. The van der Waals surface area contributed by atoms with Crippen molar-refractivity contribution >= 4 is 0 Å². The van der Waals surface area contributed by atoms with Crippen LogP contribution in [0.5, 0.6) is 0 Å². The molecule has 1 heterocycles. The lowest BCUT2D eigenvalue weighted by Crippen LogP contribution is -2.38. The molecule has 14 heavy (non-hydrogen) atoms. The minimum Gasteiger partial charge on any atom is -0.394 e. The van der Waals surface area contributed by atoms with Gasteiger partial charge in [0.15, 0.2) is 5.79 Å². The van der Waals surface area contributed by atoms with Gasteiger partial charge in [0.1, 0.15) is 6.10 Å². The van der Waals surface area contributed by atoms with Crippen molar-refractivity contribution in [3.63, 3.8) is 0 Å². The summed E-state index contributed by atoms with van der Waals surface area (Å²) in [7, 11) is 0. The van der Waals surface area contributed by atoms with Crippen LogP contribution >= 0.6 is 0 Å². The second-order valence-corrected chi connectivity index (χ2v) is 4.58. The number of aliphatic hydroxyl groups is 1. The standard InChI is InChI=1S/C11H20O3/c1-11(9-5-3-2-4-6-9)13-8-10(7-12)14-11/h9-10,12H,2-8H2,1H3. The van der Waals surface area contributed by atoms with E-state index in [2.05, 4.69) is 0 Å². The van der Waals surface area contributed by atoms with Crippen LogP contribution in [0.2, 0.25) is 0 Å². The first-order valence-corrected chi connectivity index (χ1v) is 5.67. The molecule has 1 saturated carbocycles. The van der Waals surface area contributed by atoms with Crippen molar-refractivity contribution in [3.05, 3.63) is 0 Å². The molecule has 2 atom stereocenters. The largest absolute Gasteiger partial charge is 0.394 e. The quantitative estimate of drug-likeness (QED) is 0.737. The first-order chi connectivity index (χ1) is 6.74. The molecule has 1 aliphatic heterocycles. The van der Waals surface area contributed by atoms with Crippen LogP contribution in [0.4, 0.5) is 0 Å². The Balaban J connectivity index is 1.94. The zero-order valence-corrected chi connectivity index (χ0v) is 8.87. The molecule has 2 fully saturated rings. The summed E-state index contributed by atoms with van der Waals surface area (Å²) in [5.74, 6) is 0.0983. The lowest BCUT2D eigenvalue weighted by atomic mass is 9.84. The lowest BCUT2D eigenvalue weighted by molar-refractivity contribution is -0.200. The minimum atomic E-state index is -0.423. The lowest BCUT2D eigenvalue weighted by Gasteiger charge is -2.35. The number of hydrogen-bond acceptors (Lipinski definition) is 3. The molecule has 2 aliphatic rings. The summed E-state index contributed by atoms with van der Waals surface area (Å²) in [5.41, 5.74) is 0. The highest BCUT2D eigenvalue weighted by molar-refractivity contribution is 4.83. The van der Waals surface area contributed by atoms with Crippen LogP contribution < -0.4 is 0 Å². The Morgan fingerprint density at radius 3 is 2.57 bits per heavy atom. The smallest absolute Gasteiger partial charge is 0.169 e. The van der Waals surface area contributed by atoms with Gasteiger partial charge in [0.2, 0.25) is 0 Å². The molecule has 2 rings (SSSR count). The maximum absolute atomic E-state index is 8.99. The predicted octanol–water partition coefficient (Wildman–Crippen LogP) is 1.69. The zero-order chi connectivity index (χ0) is 10.0. The van der Waals surface area contributed by atoms with Crippen LogP contribution in [-0.2, 0) is 9.47 Å². The van der Waals surface area contributed by atoms with E-state index in [1.165, 1.54) is 32.1 Å². The molecule has 1 saturated heterocycles. The molecule has 1 aliphatic carbocycles. The summed E-state index contributed by atoms with van der Waals surface area (Å²) in [4.78, 5) is 0. The van der Waals surface area contributed by atoms with Crippen LogP contribution in [0, 0.1) is 5.92 Å². The average molecular weight is 200 g/mol. The van der Waals surface area contributed by atoms with Crippen LogP contribution in [0.15, 0.2) is 0 Å². The summed E-state index contributed by atoms with van der Waals surface area (Å²) in [6.07, 6.45) is 6.22. The average Bonchev–Trinajstić information content (AvgIpc) is 2.63. The van der Waals surface area contributed by atoms with Crippen molar-refractivity contribution < 1.29 is 14.6 Å². The van der Waals surface area contributed by atoms with E-state index < -0.39 is 5.79 Å². The van der Waals surface area contributed by atoms with Crippen molar-refractivity contribution in [1.29, 1.82) is 0 Å². The van der Waals surface area contributed by atoms with Crippen molar-refractivity contribution in [2.45, 2.75) is 50.9 Å². The van der Waals surface area contributed by atoms with Crippen LogP contribution in [-0.4, -0.2) is 30.2 Å². The Bertz CT molecular complexity index is 189. The summed E-state index contributed by atoms with van der Waals surface area (Å²) < 4.78 is 11.5. The summed E-state index contributed by atoms with van der Waals surface area (Å²) >= 11 is 0. The number of hydrogen-bond donors (Lipinski definition) is 1. The molecule has 3 heteroatoms. The van der Waals surface area contributed by atoms with E-state index in [0.29, 0.717) is 12.5 Å². The van der Waals surface area contributed by atoms with Gasteiger partial charge < -0.3 is 14.6 Å². The fourth-order valence-electron chi connectivity index (χ4n) is 2.59. The third-order valence-electron chi connectivity index (χ3n) is 3.51. The third kappa shape index (κ3) is 1.95. The maximum Gasteiger partial charge on any atom is 0.169 e. The number of rotatable bonds is 2. The van der Waals surface area contributed by atoms with Gasteiger partial charge in [0, 0.05) is 5.92 Å². The van der Waals surface area contributed by atoms with Gasteiger partial charge in [-0.2, -0.15) is 0 Å². The molecule has 3 nitrogen and oxygen atoms in total. The Labute approximate surface area is 85.4 Å². The molecule has 0 bridgehead atoms. The first-order valence-electron chi connectivity index (χ1n) is 5.67. The van der Waals surface area contributed by atoms with Gasteiger partial charge in [0.05, 0.1) is 13.2 Å². The zero-order valence-electron chi connectivity index (χ0n) is 8.87. The van der Waals surface area contributed by atoms with Crippen molar-refractivity contribution in [2.24, 2.45) is 5.92 Å². The molecule has 2 unspecified atom stereocenters. The summed E-state index contributed by atoms with van der Waals surface area (Å²) in [6, 6.07) is 0. The first kappa shape index (κ1) is 10.4. The van der Waals surface area contributed by atoms with Crippen LogP contribution in [0.25, 0.3) is 0 Å². The van der Waals surface area contributed by atoms with Crippen molar-refractivity contribution in [2.75, 3.05) is 13.2 Å². The Morgan fingerprint density at radius 1 is 1.29 bits per heavy atom. The highest BCUT2D eigenvalue weighted by Gasteiger charge is 2.43. The summed E-state index contributed by atoms with van der Waals surface area (Å²) in [6.45, 7) is 2.64. The number of ether oxygens (including phenoxy) is 2. The molecule has 0 amide bonds. The summed E-state index contributed by atoms with van der Waals surface area (Å²) in [5, 5.41) is 8.99. The second-order valence-electron chi connectivity index (χ2n) is 4.58. The molecule has 0 aromatic rings. The van der Waals surface area contributed by atoms with Gasteiger partial charge >= 0.3 is 0 Å². The van der Waals surface area contributed by atoms with Gasteiger partial charge in [-0.3, -0.25) is 0 Å². The maximum atomic E-state index is 8.99. The Kier molecular flexibility index (Phi) is 3.10. The topological polar surface area (TPSA) is 38.7 Å². The fourth-order valence-corrected chi connectivity index (χ4v) is 2.59. The van der Waals surface area contributed by atoms with E-state index in [4.69, 9.17) is 14.6 Å². The van der Waals surface area contributed by atoms with Gasteiger partial charge in [-0.1, -0.05) is 19.3 Å². The van der Waals surface area contributed by atoms with E-state index >= 15 is 0 Å². The van der Waals surface area contributed by atoms with E-state index in [1.807, 2.05) is 6.92 Å². The molecule has 1 N–H and O–H groups in total. The molecule has 0 radical (unpaired) electrons. The normalized spacial score (nSPS) is 40.3. The second kappa shape index (κ2) is 4.17. The van der Waals surface area contributed by atoms with Crippen LogP contribution in [0.1, 0.15) is 39.0 Å². The van der Waals surface area contributed by atoms with E-state index in [0.717, 1.165) is 0 Å². The molecule has 0 aromatic carbocycles. The molecule has 0 aromatic heterocycles. The predicted molar refractivity (Wildman–Crippen MR) is 52.9 cm³/mol. The van der Waals surface area contributed by atoms with Gasteiger partial charge in [-0.05, 0) is 19.8 Å². The van der Waals surface area contributed by atoms with Crippen LogP contribution in [0.3, 0.4) is 0 Å². The molecule has 82 valence electrons. The van der Waals surface area contributed by atoms with Gasteiger partial charge in [0.25, 0.3) is 0 Å². The van der Waals surface area contributed by atoms with E-state index in [-0.39, 0.29) is 12.7 Å². The molecule has 0 spiro atoms. The SMILES string of the molecule is CC1(C2CCCCC2)OCC(CO)O1. The monoisotopic (exact) mass is 200 g/mol. The van der Waals surface area contributed by atoms with E-state index in [9.17, 15) is 0 Å². The van der Waals surface area contributed by atoms with Crippen molar-refractivity contribution in [1.82, 2.24) is 0 Å². The minimum absolute atomic E-state index is 0.0717. The fraction of sp³-hybridized carbons (Fsp3) is 1.00. The Morgan fingerprint density at radius 2 is 2.00 bits per heavy atom. The Hall–Kier alpha value is -0.120. The van der Waals surface area contributed by atoms with E-state index in [1.54, 1.807) is 0 Å². The highest BCUT2D eigenvalue weighted by atomic mass is 16.7. The molecular weight excluding hydrogens is 180 g/mol. The number of aliphatic hydroxyl groups excluding tert-OH is 1.